The Hall–Kier alpha value is -2.67. The van der Waals surface area contributed by atoms with E-state index in [4.69, 9.17) is 22.1 Å². The number of nitrogens with zero attached hydrogens (tertiary/aromatic N) is 2. The molecule has 0 fully saturated rings. The van der Waals surface area contributed by atoms with Crippen LogP contribution in [0.4, 0.5) is 27.6 Å². The fourth-order valence-corrected chi connectivity index (χ4v) is 3.92. The lowest BCUT2D eigenvalue weighted by molar-refractivity contribution is -0.0442. The lowest BCUT2D eigenvalue weighted by Gasteiger charge is -2.37. The Balaban J connectivity index is 2.54. The number of hydrogen-bond acceptors (Lipinski definition) is 5. The third-order valence-corrected chi connectivity index (χ3v) is 5.64. The van der Waals surface area contributed by atoms with E-state index in [1.807, 2.05) is 0 Å². The second-order valence-electron chi connectivity index (χ2n) is 5.96. The predicted molar refractivity (Wildman–Crippen MR) is 96.3 cm³/mol. The summed E-state index contributed by atoms with van der Waals surface area (Å²) in [5.41, 5.74) is -2.18. The van der Waals surface area contributed by atoms with Crippen LogP contribution in [0.25, 0.3) is 0 Å². The maximum absolute atomic E-state index is 14.2. The molecule has 1 heterocycles. The molecule has 2 aromatic rings. The molecule has 1 aromatic carbocycles. The van der Waals surface area contributed by atoms with Crippen LogP contribution in [-0.2, 0) is 10.0 Å². The molecule has 0 saturated heterocycles. The van der Waals surface area contributed by atoms with Gasteiger partial charge in [0, 0.05) is 12.3 Å². The highest BCUT2D eigenvalue weighted by molar-refractivity contribution is 7.93. The fraction of sp³-hybridized carbons (Fsp3) is 0.250. The van der Waals surface area contributed by atoms with E-state index in [0.29, 0.717) is 12.1 Å². The molecule has 2 rings (SSSR count). The van der Waals surface area contributed by atoms with Gasteiger partial charge in [-0.25, -0.2) is 18.1 Å². The van der Waals surface area contributed by atoms with E-state index in [-0.39, 0.29) is 11.6 Å². The number of carbonyl (C=O) groups excluding carboxylic acids is 1. The number of ether oxygens (including phenoxy) is 1. The standard InChI is InChI=1S/C16H13ClF5N3O4S/c1-15(17,8-29-14-10(13(23)26)3-2-6-24-14)25(30(27,28)16(20,21)22)12-5-4-9(18)7-11(12)19/h2-7H,8H2,1H3,(H2,23,26)/t15-/m1/s1. The number of sulfonamides is 1. The fourth-order valence-electron chi connectivity index (χ4n) is 2.33. The topological polar surface area (TPSA) is 103 Å². The number of aromatic nitrogens is 1. The SMILES string of the molecule is C[C@](Cl)(COc1ncccc1C(N)=O)N(c1ccc(F)cc1F)S(=O)(=O)C(F)(F)F. The van der Waals surface area contributed by atoms with Gasteiger partial charge in [-0.3, -0.25) is 4.79 Å². The van der Waals surface area contributed by atoms with Gasteiger partial charge in [0.05, 0.1) is 5.69 Å². The van der Waals surface area contributed by atoms with Crippen LogP contribution in [0, 0.1) is 11.6 Å². The van der Waals surface area contributed by atoms with Crippen molar-refractivity contribution < 1.29 is 39.9 Å². The molecule has 30 heavy (non-hydrogen) atoms. The van der Waals surface area contributed by atoms with Gasteiger partial charge in [0.25, 0.3) is 5.91 Å². The average Bonchev–Trinajstić information content (AvgIpc) is 2.61. The van der Waals surface area contributed by atoms with E-state index in [9.17, 15) is 35.2 Å². The van der Waals surface area contributed by atoms with Gasteiger partial charge >= 0.3 is 15.5 Å². The molecule has 0 aliphatic carbocycles. The van der Waals surface area contributed by atoms with Gasteiger partial charge in [0.15, 0.2) is 5.00 Å². The first kappa shape index (κ1) is 23.6. The second-order valence-corrected chi connectivity index (χ2v) is 8.55. The van der Waals surface area contributed by atoms with Gasteiger partial charge in [0.2, 0.25) is 5.88 Å². The van der Waals surface area contributed by atoms with Crippen molar-refractivity contribution in [2.75, 3.05) is 10.9 Å². The van der Waals surface area contributed by atoms with Crippen molar-refractivity contribution in [3.63, 3.8) is 0 Å². The van der Waals surface area contributed by atoms with Crippen LogP contribution in [0.2, 0.25) is 0 Å². The number of alkyl halides is 4. The van der Waals surface area contributed by atoms with E-state index in [1.54, 1.807) is 0 Å². The molecule has 0 unspecified atom stereocenters. The largest absolute Gasteiger partial charge is 0.516 e. The molecule has 14 heteroatoms. The van der Waals surface area contributed by atoms with Crippen LogP contribution in [-0.4, -0.2) is 36.4 Å². The Bertz CT molecular complexity index is 1060. The van der Waals surface area contributed by atoms with Crippen molar-refractivity contribution in [3.8, 4) is 5.88 Å². The van der Waals surface area contributed by atoms with Crippen molar-refractivity contribution in [3.05, 3.63) is 53.7 Å². The van der Waals surface area contributed by atoms with Crippen LogP contribution in [0.1, 0.15) is 17.3 Å². The summed E-state index contributed by atoms with van der Waals surface area (Å²) in [4.78, 5) is 12.5. The molecule has 7 nitrogen and oxygen atoms in total. The summed E-state index contributed by atoms with van der Waals surface area (Å²) >= 11 is 6.04. The number of carbonyl (C=O) groups is 1. The highest BCUT2D eigenvalue weighted by Gasteiger charge is 2.56. The van der Waals surface area contributed by atoms with E-state index in [1.165, 1.54) is 12.1 Å². The number of amides is 1. The van der Waals surface area contributed by atoms with Gasteiger partial charge in [-0.05, 0) is 31.2 Å². The smallest absolute Gasteiger partial charge is 0.473 e. The van der Waals surface area contributed by atoms with Crippen molar-refractivity contribution in [2.24, 2.45) is 5.73 Å². The maximum atomic E-state index is 14.2. The Labute approximate surface area is 172 Å². The highest BCUT2D eigenvalue weighted by Crippen LogP contribution is 2.39. The average molecular weight is 474 g/mol. The first-order valence-electron chi connectivity index (χ1n) is 7.82. The van der Waals surface area contributed by atoms with Gasteiger partial charge in [0.1, 0.15) is 23.8 Å². The molecular weight excluding hydrogens is 461 g/mol. The van der Waals surface area contributed by atoms with Gasteiger partial charge in [-0.2, -0.15) is 21.6 Å². The van der Waals surface area contributed by atoms with Crippen molar-refractivity contribution in [2.45, 2.75) is 17.4 Å². The van der Waals surface area contributed by atoms with E-state index in [2.05, 4.69) is 4.98 Å². The lowest BCUT2D eigenvalue weighted by atomic mass is 10.2. The summed E-state index contributed by atoms with van der Waals surface area (Å²) in [6.07, 6.45) is 1.16. The second kappa shape index (κ2) is 8.22. The van der Waals surface area contributed by atoms with Crippen LogP contribution in [0.5, 0.6) is 5.88 Å². The summed E-state index contributed by atoms with van der Waals surface area (Å²) in [5.74, 6) is -4.21. The summed E-state index contributed by atoms with van der Waals surface area (Å²) in [6, 6.07) is 3.73. The minimum Gasteiger partial charge on any atom is -0.473 e. The highest BCUT2D eigenvalue weighted by atomic mass is 35.5. The molecule has 1 aromatic heterocycles. The molecule has 164 valence electrons. The normalized spacial score (nSPS) is 14.1. The van der Waals surface area contributed by atoms with Gasteiger partial charge in [-0.15, -0.1) is 0 Å². The van der Waals surface area contributed by atoms with Crippen molar-refractivity contribution in [1.82, 2.24) is 4.98 Å². The number of anilines is 1. The number of nitrogens with two attached hydrogens (primary N) is 1. The molecule has 0 radical (unpaired) electrons. The quantitative estimate of drug-likeness (QED) is 0.378. The van der Waals surface area contributed by atoms with Gasteiger partial charge < -0.3 is 10.5 Å². The minimum atomic E-state index is -6.27. The van der Waals surface area contributed by atoms with Crippen molar-refractivity contribution in [1.29, 1.82) is 0 Å². The number of halogens is 6. The molecule has 1 amide bonds. The summed E-state index contributed by atoms with van der Waals surface area (Å²) in [5, 5.41) is 0. The summed E-state index contributed by atoms with van der Waals surface area (Å²) < 4.78 is 96.0. The van der Waals surface area contributed by atoms with Crippen LogP contribution in [0.15, 0.2) is 36.5 Å². The zero-order chi connectivity index (χ0) is 22.9. The molecular formula is C16H13ClF5N3O4S. The molecule has 0 aliphatic rings. The lowest BCUT2D eigenvalue weighted by Crippen LogP contribution is -2.54. The molecule has 1 atom stereocenters. The third-order valence-electron chi connectivity index (χ3n) is 3.59. The number of hydrogen-bond donors (Lipinski definition) is 1. The Morgan fingerprint density at radius 2 is 1.90 bits per heavy atom. The van der Waals surface area contributed by atoms with Crippen LogP contribution in [0.3, 0.4) is 0 Å². The van der Waals surface area contributed by atoms with Crippen LogP contribution < -0.4 is 14.8 Å². The Morgan fingerprint density at radius 1 is 1.27 bits per heavy atom. The zero-order valence-electron chi connectivity index (χ0n) is 15.0. The molecule has 0 saturated carbocycles. The maximum Gasteiger partial charge on any atom is 0.516 e. The van der Waals surface area contributed by atoms with E-state index < -0.39 is 60.6 Å². The molecule has 0 aliphatic heterocycles. The summed E-state index contributed by atoms with van der Waals surface area (Å²) in [6.45, 7) is -0.245. The third kappa shape index (κ3) is 4.73. The number of benzene rings is 1. The number of rotatable bonds is 7. The number of primary amides is 1. The van der Waals surface area contributed by atoms with E-state index in [0.717, 1.165) is 13.1 Å². The Morgan fingerprint density at radius 3 is 2.43 bits per heavy atom. The molecule has 2 N–H and O–H groups in total. The summed E-state index contributed by atoms with van der Waals surface area (Å²) in [7, 11) is -6.27. The molecule has 0 spiro atoms. The van der Waals surface area contributed by atoms with Gasteiger partial charge in [-0.1, -0.05) is 11.6 Å². The van der Waals surface area contributed by atoms with Crippen molar-refractivity contribution >= 4 is 33.2 Å². The first-order chi connectivity index (χ1) is 13.7. The first-order valence-corrected chi connectivity index (χ1v) is 9.63. The van der Waals surface area contributed by atoms with Crippen LogP contribution >= 0.6 is 11.6 Å². The zero-order valence-corrected chi connectivity index (χ0v) is 16.5. The molecule has 0 bridgehead atoms. The number of pyridine rings is 1. The Kier molecular flexibility index (Phi) is 6.47. The minimum absolute atomic E-state index is 0.187. The monoisotopic (exact) mass is 473 g/mol. The van der Waals surface area contributed by atoms with E-state index >= 15 is 0 Å². The predicted octanol–water partition coefficient (Wildman–Crippen LogP) is 3.15.